The monoisotopic (exact) mass is 643 g/mol. The van der Waals surface area contributed by atoms with Crippen LogP contribution in [0.5, 0.6) is 0 Å². The molecule has 5 aliphatic rings. The van der Waals surface area contributed by atoms with Crippen molar-refractivity contribution in [3.63, 3.8) is 0 Å². The molecule has 232 valence electrons. The first-order valence-corrected chi connectivity index (χ1v) is 18.5. The molecule has 2 heteroatoms. The Balaban J connectivity index is 1.08. The van der Waals surface area contributed by atoms with Crippen molar-refractivity contribution < 1.29 is 0 Å². The fraction of sp³-hybridized carbons (Fsp3) is 0.149. The topological polar surface area (TPSA) is 4.93 Å². The number of rotatable bonds is 2. The Morgan fingerprint density at radius 3 is 2.08 bits per heavy atom. The molecule has 0 saturated heterocycles. The van der Waals surface area contributed by atoms with Gasteiger partial charge in [0.05, 0.1) is 11.0 Å². The van der Waals surface area contributed by atoms with Crippen LogP contribution in [0.1, 0.15) is 47.9 Å². The van der Waals surface area contributed by atoms with Gasteiger partial charge in [-0.05, 0) is 123 Å². The quantitative estimate of drug-likeness (QED) is 0.165. The van der Waals surface area contributed by atoms with Gasteiger partial charge in [-0.15, -0.1) is 11.3 Å². The van der Waals surface area contributed by atoms with Gasteiger partial charge < -0.3 is 4.57 Å². The number of hydrogen-bond donors (Lipinski definition) is 0. The molecule has 1 saturated carbocycles. The molecular formula is C47H33NS. The predicted octanol–water partition coefficient (Wildman–Crippen LogP) is 12.7. The molecule has 0 aliphatic heterocycles. The van der Waals surface area contributed by atoms with Crippen molar-refractivity contribution in [2.75, 3.05) is 0 Å². The minimum Gasteiger partial charge on any atom is -0.309 e. The number of benzene rings is 6. The van der Waals surface area contributed by atoms with Crippen LogP contribution in [-0.4, -0.2) is 4.57 Å². The number of para-hydroxylation sites is 1. The first-order valence-electron chi connectivity index (χ1n) is 17.7. The summed E-state index contributed by atoms with van der Waals surface area (Å²) in [6.45, 7) is 4.75. The summed E-state index contributed by atoms with van der Waals surface area (Å²) in [5.74, 6) is 2.48. The van der Waals surface area contributed by atoms with E-state index >= 15 is 0 Å². The number of aromatic nitrogens is 1. The van der Waals surface area contributed by atoms with E-state index in [1.54, 1.807) is 5.56 Å². The Morgan fingerprint density at radius 2 is 1.24 bits per heavy atom. The van der Waals surface area contributed by atoms with Gasteiger partial charge in [0.25, 0.3) is 0 Å². The van der Waals surface area contributed by atoms with E-state index in [0.717, 1.165) is 0 Å². The Morgan fingerprint density at radius 1 is 0.531 bits per heavy atom. The first kappa shape index (κ1) is 26.7. The SMILES string of the molecule is CC1(C)c2ccccc2-c2cc3c4cc(-c5ccc6sc7cc8c(cc7c6c5)C5C=CC6C(C=C5)C86)ccc4n(-c4ccccc4)c3cc21. The molecule has 0 amide bonds. The van der Waals surface area contributed by atoms with E-state index < -0.39 is 0 Å². The van der Waals surface area contributed by atoms with Crippen LogP contribution in [0, 0.1) is 11.8 Å². The molecule has 2 atom stereocenters. The van der Waals surface area contributed by atoms with Crippen LogP contribution in [0.25, 0.3) is 69.9 Å². The van der Waals surface area contributed by atoms with Crippen LogP contribution < -0.4 is 0 Å². The van der Waals surface area contributed by atoms with Crippen LogP contribution in [-0.2, 0) is 5.41 Å². The lowest BCUT2D eigenvalue weighted by Crippen LogP contribution is -2.14. The zero-order valence-electron chi connectivity index (χ0n) is 27.4. The van der Waals surface area contributed by atoms with Crippen molar-refractivity contribution in [2.24, 2.45) is 11.8 Å². The smallest absolute Gasteiger partial charge is 0.0544 e. The van der Waals surface area contributed by atoms with Crippen molar-refractivity contribution in [2.45, 2.75) is 31.1 Å². The number of hydrogen-bond acceptors (Lipinski definition) is 1. The second-order valence-corrected chi connectivity index (χ2v) is 16.3. The maximum Gasteiger partial charge on any atom is 0.0544 e. The van der Waals surface area contributed by atoms with Crippen molar-refractivity contribution in [1.29, 1.82) is 0 Å². The van der Waals surface area contributed by atoms with Crippen molar-refractivity contribution in [3.05, 3.63) is 162 Å². The molecule has 2 aromatic heterocycles. The van der Waals surface area contributed by atoms with Gasteiger partial charge in [0, 0.05) is 48.0 Å². The molecule has 2 heterocycles. The summed E-state index contributed by atoms with van der Waals surface area (Å²) in [5.41, 5.74) is 14.9. The fourth-order valence-electron chi connectivity index (χ4n) is 9.90. The molecule has 0 spiro atoms. The number of thiophene rings is 1. The summed E-state index contributed by atoms with van der Waals surface area (Å²) in [5, 5.41) is 5.40. The second-order valence-electron chi connectivity index (χ2n) is 15.3. The second kappa shape index (κ2) is 9.08. The molecule has 2 unspecified atom stereocenters. The summed E-state index contributed by atoms with van der Waals surface area (Å²) in [4.78, 5) is 0. The number of allylic oxidation sites excluding steroid dienone is 4. The van der Waals surface area contributed by atoms with Crippen LogP contribution >= 0.6 is 11.3 Å². The molecule has 1 fully saturated rings. The normalized spacial score (nSPS) is 22.1. The fourth-order valence-corrected chi connectivity index (χ4v) is 11.0. The van der Waals surface area contributed by atoms with E-state index in [4.69, 9.17) is 0 Å². The third kappa shape index (κ3) is 3.45. The number of fused-ring (bicyclic) bond motifs is 9. The predicted molar refractivity (Wildman–Crippen MR) is 207 cm³/mol. The summed E-state index contributed by atoms with van der Waals surface area (Å²) >= 11 is 1.96. The summed E-state index contributed by atoms with van der Waals surface area (Å²) in [6.07, 6.45) is 9.88. The molecule has 0 N–H and O–H groups in total. The van der Waals surface area contributed by atoms with Gasteiger partial charge in [-0.25, -0.2) is 0 Å². The highest BCUT2D eigenvalue weighted by atomic mass is 32.1. The Bertz CT molecular complexity index is 2800. The van der Waals surface area contributed by atoms with Crippen molar-refractivity contribution >= 4 is 53.3 Å². The summed E-state index contributed by atoms with van der Waals surface area (Å²) in [7, 11) is 0. The number of nitrogens with zero attached hydrogens (tertiary/aromatic N) is 1. The molecule has 5 aliphatic carbocycles. The van der Waals surface area contributed by atoms with E-state index in [2.05, 4.69) is 158 Å². The van der Waals surface area contributed by atoms with E-state index in [0.29, 0.717) is 23.7 Å². The molecule has 1 nitrogen and oxygen atoms in total. The molecule has 4 bridgehead atoms. The molecule has 6 aromatic carbocycles. The molecule has 49 heavy (non-hydrogen) atoms. The summed E-state index contributed by atoms with van der Waals surface area (Å²) in [6, 6.07) is 44.1. The van der Waals surface area contributed by atoms with E-state index in [1.807, 2.05) is 11.3 Å². The minimum atomic E-state index is -0.0489. The van der Waals surface area contributed by atoms with Gasteiger partial charge in [0.1, 0.15) is 0 Å². The molecule has 8 aromatic rings. The van der Waals surface area contributed by atoms with E-state index in [9.17, 15) is 0 Å². The average Bonchev–Trinajstić information content (AvgIpc) is 3.67. The van der Waals surface area contributed by atoms with Gasteiger partial charge in [-0.2, -0.15) is 0 Å². The highest BCUT2D eigenvalue weighted by Gasteiger charge is 2.51. The Kier molecular flexibility index (Phi) is 4.95. The van der Waals surface area contributed by atoms with Crippen molar-refractivity contribution in [1.82, 2.24) is 4.57 Å². The molecule has 13 rings (SSSR count). The van der Waals surface area contributed by atoms with Gasteiger partial charge >= 0.3 is 0 Å². The van der Waals surface area contributed by atoms with Crippen LogP contribution in [0.4, 0.5) is 0 Å². The molecule has 0 radical (unpaired) electrons. The minimum absolute atomic E-state index is 0.0489. The van der Waals surface area contributed by atoms with Crippen LogP contribution in [0.3, 0.4) is 0 Å². The van der Waals surface area contributed by atoms with Crippen LogP contribution in [0.15, 0.2) is 140 Å². The maximum absolute atomic E-state index is 2.54. The lowest BCUT2D eigenvalue weighted by molar-refractivity contribution is 0.661. The summed E-state index contributed by atoms with van der Waals surface area (Å²) < 4.78 is 5.27. The van der Waals surface area contributed by atoms with Gasteiger partial charge in [0.15, 0.2) is 0 Å². The van der Waals surface area contributed by atoms with Crippen LogP contribution in [0.2, 0.25) is 0 Å². The van der Waals surface area contributed by atoms with Crippen molar-refractivity contribution in [3.8, 4) is 27.9 Å². The van der Waals surface area contributed by atoms with E-state index in [-0.39, 0.29) is 5.41 Å². The maximum atomic E-state index is 2.54. The average molecular weight is 644 g/mol. The highest BCUT2D eigenvalue weighted by Crippen LogP contribution is 2.62. The zero-order valence-corrected chi connectivity index (χ0v) is 28.3. The Labute approximate surface area is 289 Å². The first-order chi connectivity index (χ1) is 24.0. The van der Waals surface area contributed by atoms with Gasteiger partial charge in [-0.1, -0.05) is 92.7 Å². The third-order valence-electron chi connectivity index (χ3n) is 12.4. The molecular weight excluding hydrogens is 611 g/mol. The lowest BCUT2D eigenvalue weighted by atomic mass is 9.82. The van der Waals surface area contributed by atoms with Gasteiger partial charge in [0.2, 0.25) is 0 Å². The Hall–Kier alpha value is -5.18. The standard InChI is InChI=1S/C47H33NS/c1-47(2)40-11-7-6-10-30(40)34-23-36-35-20-27(14-18-42(35)48(43(36)25-41(34)47)29-8-4-3-5-9-29)28-15-19-44-37(21-28)38-22-33-26-12-16-31-32(17-13-26)46(31)39(33)24-45(38)49-44/h3-26,31-32,46H,1-2H3. The zero-order chi connectivity index (χ0) is 32.2. The largest absolute Gasteiger partial charge is 0.309 e. The highest BCUT2D eigenvalue weighted by molar-refractivity contribution is 7.25. The van der Waals surface area contributed by atoms with Gasteiger partial charge in [-0.3, -0.25) is 0 Å². The third-order valence-corrected chi connectivity index (χ3v) is 13.6. The van der Waals surface area contributed by atoms with E-state index in [1.165, 1.54) is 86.6 Å². The lowest BCUT2D eigenvalue weighted by Gasteiger charge is -2.21.